The third-order valence-electron chi connectivity index (χ3n) is 2.49. The van der Waals surface area contributed by atoms with Gasteiger partial charge in [0.15, 0.2) is 0 Å². The lowest BCUT2D eigenvalue weighted by Gasteiger charge is -2.06. The summed E-state index contributed by atoms with van der Waals surface area (Å²) in [6, 6.07) is 12.0. The summed E-state index contributed by atoms with van der Waals surface area (Å²) >= 11 is 0. The first kappa shape index (κ1) is 13.6. The van der Waals surface area contributed by atoms with Gasteiger partial charge in [-0.05, 0) is 36.4 Å². The molecule has 0 aliphatic rings. The molecule has 0 spiro atoms. The van der Waals surface area contributed by atoms with Crippen LogP contribution in [0.1, 0.15) is 0 Å². The smallest absolute Gasteiger partial charge is 0.286 e. The van der Waals surface area contributed by atoms with Crippen molar-refractivity contribution in [3.63, 3.8) is 0 Å². The highest BCUT2D eigenvalue weighted by atomic mass is 33.2. The summed E-state index contributed by atoms with van der Waals surface area (Å²) < 4.78 is 48.5. The van der Waals surface area contributed by atoms with E-state index in [1.54, 1.807) is 6.07 Å². The van der Waals surface area contributed by atoms with Crippen molar-refractivity contribution in [2.24, 2.45) is 0 Å². The molecule has 0 atom stereocenters. The number of nitrogens with two attached hydrogens (primary N) is 1. The molecule has 100 valence electrons. The van der Waals surface area contributed by atoms with Crippen LogP contribution in [0.2, 0.25) is 0 Å². The van der Waals surface area contributed by atoms with Crippen molar-refractivity contribution in [1.82, 2.24) is 0 Å². The first-order chi connectivity index (χ1) is 8.85. The van der Waals surface area contributed by atoms with Crippen molar-refractivity contribution in [3.8, 4) is 0 Å². The molecule has 2 N–H and O–H groups in total. The molecule has 2 rings (SSSR count). The fraction of sp³-hybridized carbons (Fsp3) is 0. The van der Waals surface area contributed by atoms with E-state index in [2.05, 4.69) is 0 Å². The Morgan fingerprint density at radius 2 is 1.05 bits per heavy atom. The minimum absolute atomic E-state index is 0.258. The number of hydrogen-bond donors (Lipinski definition) is 1. The minimum Gasteiger partial charge on any atom is -0.399 e. The zero-order valence-electron chi connectivity index (χ0n) is 9.72. The van der Waals surface area contributed by atoms with Gasteiger partial charge in [0.25, 0.3) is 17.7 Å². The van der Waals surface area contributed by atoms with Crippen LogP contribution >= 0.6 is 0 Å². The highest BCUT2D eigenvalue weighted by Crippen LogP contribution is 2.24. The lowest BCUT2D eigenvalue weighted by atomic mass is 10.3. The molecule has 0 heterocycles. The third kappa shape index (κ3) is 2.34. The van der Waals surface area contributed by atoms with Gasteiger partial charge in [-0.1, -0.05) is 18.2 Å². The zero-order chi connectivity index (χ0) is 14.1. The van der Waals surface area contributed by atoms with Crippen molar-refractivity contribution in [1.29, 1.82) is 0 Å². The second-order valence-electron chi connectivity index (χ2n) is 3.79. The maximum atomic E-state index is 12.1. The fourth-order valence-corrected chi connectivity index (χ4v) is 5.13. The average Bonchev–Trinajstić information content (AvgIpc) is 2.40. The fourth-order valence-electron chi connectivity index (χ4n) is 1.48. The Bertz CT molecular complexity index is 779. The summed E-state index contributed by atoms with van der Waals surface area (Å²) in [5.41, 5.74) is 5.80. The maximum Gasteiger partial charge on any atom is 0.286 e. The van der Waals surface area contributed by atoms with E-state index in [4.69, 9.17) is 5.73 Å². The van der Waals surface area contributed by atoms with E-state index in [0.29, 0.717) is 5.69 Å². The molecular weight excluding hydrogens is 286 g/mol. The van der Waals surface area contributed by atoms with Crippen LogP contribution in [-0.2, 0) is 17.7 Å². The van der Waals surface area contributed by atoms with Crippen LogP contribution in [0.5, 0.6) is 0 Å². The molecule has 19 heavy (non-hydrogen) atoms. The van der Waals surface area contributed by atoms with E-state index in [9.17, 15) is 16.8 Å². The Kier molecular flexibility index (Phi) is 3.34. The highest BCUT2D eigenvalue weighted by Gasteiger charge is 2.33. The summed E-state index contributed by atoms with van der Waals surface area (Å²) in [7, 11) is -8.96. The van der Waals surface area contributed by atoms with Crippen LogP contribution in [0.3, 0.4) is 0 Å². The van der Waals surface area contributed by atoms with Gasteiger partial charge < -0.3 is 5.73 Å². The van der Waals surface area contributed by atoms with Crippen LogP contribution in [0, 0.1) is 0 Å². The Balaban J connectivity index is 2.60. The van der Waals surface area contributed by atoms with Crippen molar-refractivity contribution in [3.05, 3.63) is 54.6 Å². The van der Waals surface area contributed by atoms with Crippen molar-refractivity contribution < 1.29 is 16.8 Å². The van der Waals surface area contributed by atoms with Crippen LogP contribution in [0.25, 0.3) is 0 Å². The second-order valence-corrected chi connectivity index (χ2v) is 9.18. The van der Waals surface area contributed by atoms with Gasteiger partial charge in [0.1, 0.15) is 0 Å². The van der Waals surface area contributed by atoms with Crippen LogP contribution in [0.4, 0.5) is 5.69 Å². The van der Waals surface area contributed by atoms with Crippen molar-refractivity contribution in [2.45, 2.75) is 9.79 Å². The van der Waals surface area contributed by atoms with Gasteiger partial charge in [0.05, 0.1) is 9.79 Å². The van der Waals surface area contributed by atoms with Crippen LogP contribution in [0.15, 0.2) is 64.4 Å². The van der Waals surface area contributed by atoms with E-state index < -0.39 is 17.7 Å². The summed E-state index contributed by atoms with van der Waals surface area (Å²) in [6.45, 7) is 0. The average molecular weight is 297 g/mol. The normalized spacial score (nSPS) is 12.2. The largest absolute Gasteiger partial charge is 0.399 e. The molecule has 0 radical (unpaired) electrons. The van der Waals surface area contributed by atoms with E-state index in [-0.39, 0.29) is 9.79 Å². The van der Waals surface area contributed by atoms with Gasteiger partial charge in [-0.15, -0.1) is 0 Å². The predicted octanol–water partition coefficient (Wildman–Crippen LogP) is 1.43. The summed E-state index contributed by atoms with van der Waals surface area (Å²) in [5, 5.41) is 0. The summed E-state index contributed by atoms with van der Waals surface area (Å²) in [4.78, 5) is -0.558. The zero-order valence-corrected chi connectivity index (χ0v) is 11.4. The van der Waals surface area contributed by atoms with E-state index in [1.807, 2.05) is 0 Å². The number of anilines is 1. The standard InChI is InChI=1S/C12H11NO4S2/c13-10-6-8-12(9-7-10)19(16,17)18(14,15)11-4-2-1-3-5-11/h1-9H,13H2. The molecule has 0 aromatic heterocycles. The van der Waals surface area contributed by atoms with Gasteiger partial charge >= 0.3 is 0 Å². The molecule has 0 fully saturated rings. The predicted molar refractivity (Wildman–Crippen MR) is 71.7 cm³/mol. The molecular formula is C12H11NO4S2. The first-order valence-corrected chi connectivity index (χ1v) is 8.75. The van der Waals surface area contributed by atoms with Gasteiger partial charge in [0, 0.05) is 5.69 Å². The Morgan fingerprint density at radius 1 is 0.632 bits per heavy atom. The Labute approximate surface area is 110 Å². The number of nitrogen functional groups attached to an aromatic ring is 1. The SMILES string of the molecule is Nc1ccc(S(=O)(=O)S(=O)(=O)c2ccccc2)cc1. The van der Waals surface area contributed by atoms with Crippen LogP contribution in [-0.4, -0.2) is 16.8 Å². The molecule has 0 unspecified atom stereocenters. The topological polar surface area (TPSA) is 94.3 Å². The maximum absolute atomic E-state index is 12.1. The molecule has 0 aliphatic heterocycles. The van der Waals surface area contributed by atoms with Gasteiger partial charge in [-0.3, -0.25) is 0 Å². The quantitative estimate of drug-likeness (QED) is 0.683. The molecule has 7 heteroatoms. The van der Waals surface area contributed by atoms with Crippen molar-refractivity contribution in [2.75, 3.05) is 5.73 Å². The monoisotopic (exact) mass is 297 g/mol. The summed E-state index contributed by atoms with van der Waals surface area (Å²) in [6.07, 6.45) is 0. The Hall–Kier alpha value is -1.86. The van der Waals surface area contributed by atoms with E-state index in [0.717, 1.165) is 0 Å². The molecule has 2 aromatic carbocycles. The van der Waals surface area contributed by atoms with E-state index in [1.165, 1.54) is 48.5 Å². The molecule has 2 aromatic rings. The molecule has 0 aliphatic carbocycles. The van der Waals surface area contributed by atoms with Gasteiger partial charge in [0.2, 0.25) is 0 Å². The lowest BCUT2D eigenvalue weighted by molar-refractivity contribution is 0.582. The lowest BCUT2D eigenvalue weighted by Crippen LogP contribution is -2.16. The third-order valence-corrected chi connectivity index (χ3v) is 7.65. The highest BCUT2D eigenvalue weighted by molar-refractivity contribution is 8.67. The van der Waals surface area contributed by atoms with E-state index >= 15 is 0 Å². The first-order valence-electron chi connectivity index (χ1n) is 5.26. The number of benzene rings is 2. The van der Waals surface area contributed by atoms with Gasteiger partial charge in [-0.25, -0.2) is 16.8 Å². The molecule has 0 saturated heterocycles. The molecule has 0 saturated carbocycles. The second kappa shape index (κ2) is 4.67. The molecule has 0 bridgehead atoms. The number of rotatable bonds is 3. The van der Waals surface area contributed by atoms with Gasteiger partial charge in [-0.2, -0.15) is 0 Å². The minimum atomic E-state index is -4.49. The molecule has 5 nitrogen and oxygen atoms in total. The molecule has 0 amide bonds. The van der Waals surface area contributed by atoms with Crippen molar-refractivity contribution >= 4 is 23.4 Å². The van der Waals surface area contributed by atoms with Crippen LogP contribution < -0.4 is 5.73 Å². The summed E-state index contributed by atoms with van der Waals surface area (Å²) in [5.74, 6) is 0. The Morgan fingerprint density at radius 3 is 1.53 bits per heavy atom. The number of hydrogen-bond acceptors (Lipinski definition) is 5.